The Balaban J connectivity index is 1.82. The molecule has 2 aliphatic heterocycles. The van der Waals surface area contributed by atoms with Gasteiger partial charge in [0.25, 0.3) is 0 Å². The molecule has 3 heteroatoms. The summed E-state index contributed by atoms with van der Waals surface area (Å²) in [7, 11) is 2.24. The molecule has 0 N–H and O–H groups in total. The van der Waals surface area contributed by atoms with Crippen LogP contribution in [0.1, 0.15) is 40.4 Å². The minimum Gasteiger partial charge on any atom is -0.336 e. The fourth-order valence-corrected chi connectivity index (χ4v) is 4.75. The molecule has 2 aliphatic rings. The molecule has 3 aromatic rings. The van der Waals surface area contributed by atoms with Crippen LogP contribution in [-0.4, -0.2) is 28.0 Å². The van der Waals surface area contributed by atoms with Crippen LogP contribution in [0, 0.1) is 6.92 Å². The summed E-state index contributed by atoms with van der Waals surface area (Å²) in [5.41, 5.74) is 8.95. The number of likely N-dealkylation sites (N-methyl/N-ethyl adjacent to an activating group) is 1. The predicted molar refractivity (Wildman–Crippen MR) is 97.4 cm³/mol. The maximum atomic E-state index is 4.21. The standard InChI is InChI=1S/C21H23N3/c1-14-11-16-3-4-19(15-5-8-22-9-6-15)24-20-7-10-23(2)13-18(20)17(12-14)21(16)24/h5-6,8-9,11-12,19H,3-4,7,10,13H2,1-2H3. The molecule has 4 heterocycles. The molecule has 1 aromatic carbocycles. The minimum absolute atomic E-state index is 0.456. The van der Waals surface area contributed by atoms with Crippen molar-refractivity contribution in [1.29, 1.82) is 0 Å². The number of rotatable bonds is 1. The highest BCUT2D eigenvalue weighted by Crippen LogP contribution is 2.42. The van der Waals surface area contributed by atoms with Crippen molar-refractivity contribution in [3.8, 4) is 0 Å². The molecule has 1 atom stereocenters. The number of pyridine rings is 1. The van der Waals surface area contributed by atoms with Gasteiger partial charge in [-0.1, -0.05) is 11.6 Å². The van der Waals surface area contributed by atoms with Gasteiger partial charge in [0.2, 0.25) is 0 Å². The van der Waals surface area contributed by atoms with Crippen LogP contribution in [0.2, 0.25) is 0 Å². The first-order chi connectivity index (χ1) is 11.7. The monoisotopic (exact) mass is 317 g/mol. The van der Waals surface area contributed by atoms with Gasteiger partial charge in [-0.3, -0.25) is 4.98 Å². The summed E-state index contributed by atoms with van der Waals surface area (Å²) < 4.78 is 2.67. The molecule has 5 rings (SSSR count). The third-order valence-electron chi connectivity index (χ3n) is 5.79. The lowest BCUT2D eigenvalue weighted by Gasteiger charge is -2.30. The first-order valence-corrected chi connectivity index (χ1v) is 8.96. The zero-order valence-electron chi connectivity index (χ0n) is 14.4. The lowest BCUT2D eigenvalue weighted by molar-refractivity contribution is 0.307. The van der Waals surface area contributed by atoms with E-state index in [0.29, 0.717) is 6.04 Å². The molecule has 0 radical (unpaired) electrons. The Morgan fingerprint density at radius 2 is 1.96 bits per heavy atom. The second-order valence-corrected chi connectivity index (χ2v) is 7.44. The molecular formula is C21H23N3. The number of nitrogens with zero attached hydrogens (tertiary/aromatic N) is 3. The second kappa shape index (κ2) is 5.18. The number of fused-ring (bicyclic) bond motifs is 3. The number of hydrogen-bond donors (Lipinski definition) is 0. The van der Waals surface area contributed by atoms with Gasteiger partial charge in [0.1, 0.15) is 0 Å². The van der Waals surface area contributed by atoms with E-state index in [9.17, 15) is 0 Å². The van der Waals surface area contributed by atoms with Gasteiger partial charge in [-0.05, 0) is 61.7 Å². The van der Waals surface area contributed by atoms with Crippen molar-refractivity contribution in [2.75, 3.05) is 13.6 Å². The maximum absolute atomic E-state index is 4.21. The Kier molecular flexibility index (Phi) is 3.07. The molecule has 0 saturated heterocycles. The van der Waals surface area contributed by atoms with Crippen LogP contribution in [0.3, 0.4) is 0 Å². The van der Waals surface area contributed by atoms with Gasteiger partial charge in [0.05, 0.1) is 11.6 Å². The van der Waals surface area contributed by atoms with Crippen molar-refractivity contribution in [1.82, 2.24) is 14.5 Å². The summed E-state index contributed by atoms with van der Waals surface area (Å²) in [6.07, 6.45) is 7.37. The third-order valence-corrected chi connectivity index (χ3v) is 5.79. The molecule has 1 unspecified atom stereocenters. The largest absolute Gasteiger partial charge is 0.336 e. The fraction of sp³-hybridized carbons (Fsp3) is 0.381. The van der Waals surface area contributed by atoms with Crippen LogP contribution in [0.25, 0.3) is 10.9 Å². The van der Waals surface area contributed by atoms with Gasteiger partial charge in [0.15, 0.2) is 0 Å². The predicted octanol–water partition coefficient (Wildman–Crippen LogP) is 3.87. The average Bonchev–Trinajstić information content (AvgIpc) is 2.91. The molecular weight excluding hydrogens is 294 g/mol. The first-order valence-electron chi connectivity index (χ1n) is 8.96. The average molecular weight is 317 g/mol. The van der Waals surface area contributed by atoms with E-state index >= 15 is 0 Å². The van der Waals surface area contributed by atoms with Crippen molar-refractivity contribution < 1.29 is 0 Å². The quantitative estimate of drug-likeness (QED) is 0.679. The van der Waals surface area contributed by atoms with Crippen LogP contribution >= 0.6 is 0 Å². The molecule has 0 fully saturated rings. The molecule has 0 spiro atoms. The summed E-state index contributed by atoms with van der Waals surface area (Å²) in [6, 6.07) is 9.64. The second-order valence-electron chi connectivity index (χ2n) is 7.44. The van der Waals surface area contributed by atoms with Crippen molar-refractivity contribution in [2.24, 2.45) is 0 Å². The van der Waals surface area contributed by atoms with E-state index in [1.807, 2.05) is 12.4 Å². The van der Waals surface area contributed by atoms with E-state index < -0.39 is 0 Å². The van der Waals surface area contributed by atoms with E-state index in [4.69, 9.17) is 0 Å². The van der Waals surface area contributed by atoms with Gasteiger partial charge < -0.3 is 9.47 Å². The maximum Gasteiger partial charge on any atom is 0.0593 e. The number of aryl methyl sites for hydroxylation is 2. The molecule has 0 amide bonds. The Morgan fingerprint density at radius 3 is 2.79 bits per heavy atom. The van der Waals surface area contributed by atoms with Gasteiger partial charge in [-0.25, -0.2) is 0 Å². The highest BCUT2D eigenvalue weighted by molar-refractivity contribution is 5.90. The Bertz CT molecular complexity index is 923. The minimum atomic E-state index is 0.456. The van der Waals surface area contributed by atoms with Crippen LogP contribution < -0.4 is 0 Å². The van der Waals surface area contributed by atoms with Crippen molar-refractivity contribution in [3.63, 3.8) is 0 Å². The molecule has 0 saturated carbocycles. The Hall–Kier alpha value is -2.13. The van der Waals surface area contributed by atoms with E-state index in [2.05, 4.69) is 52.7 Å². The highest BCUT2D eigenvalue weighted by atomic mass is 15.1. The van der Waals surface area contributed by atoms with Crippen molar-refractivity contribution >= 4 is 10.9 Å². The zero-order chi connectivity index (χ0) is 16.3. The highest BCUT2D eigenvalue weighted by Gasteiger charge is 2.30. The lowest BCUT2D eigenvalue weighted by Crippen LogP contribution is -2.28. The number of aromatic nitrogens is 2. The zero-order valence-corrected chi connectivity index (χ0v) is 14.4. The van der Waals surface area contributed by atoms with E-state index in [0.717, 1.165) is 19.5 Å². The lowest BCUT2D eigenvalue weighted by atomic mass is 9.93. The fourth-order valence-electron chi connectivity index (χ4n) is 4.75. The summed E-state index contributed by atoms with van der Waals surface area (Å²) in [5.74, 6) is 0. The van der Waals surface area contributed by atoms with Crippen LogP contribution in [-0.2, 0) is 19.4 Å². The molecule has 122 valence electrons. The van der Waals surface area contributed by atoms with Crippen LogP contribution in [0.15, 0.2) is 36.7 Å². The number of hydrogen-bond acceptors (Lipinski definition) is 2. The SMILES string of the molecule is Cc1cc2c3c(c1)c1c(n3C(c3ccncc3)CC2)CCN(C)C1. The van der Waals surface area contributed by atoms with Crippen molar-refractivity contribution in [3.05, 3.63) is 64.6 Å². The molecule has 2 aromatic heterocycles. The molecule has 0 bridgehead atoms. The summed E-state index contributed by atoms with van der Waals surface area (Å²) >= 11 is 0. The summed E-state index contributed by atoms with van der Waals surface area (Å²) in [6.45, 7) is 4.46. The van der Waals surface area contributed by atoms with Crippen LogP contribution in [0.4, 0.5) is 0 Å². The van der Waals surface area contributed by atoms with Crippen LogP contribution in [0.5, 0.6) is 0 Å². The molecule has 24 heavy (non-hydrogen) atoms. The summed E-state index contributed by atoms with van der Waals surface area (Å²) in [5, 5.41) is 1.49. The molecule has 3 nitrogen and oxygen atoms in total. The number of benzene rings is 1. The smallest absolute Gasteiger partial charge is 0.0593 e. The molecule has 0 aliphatic carbocycles. The first kappa shape index (κ1) is 14.2. The van der Waals surface area contributed by atoms with E-state index in [1.54, 1.807) is 11.3 Å². The normalized spacial score (nSPS) is 20.3. The summed E-state index contributed by atoms with van der Waals surface area (Å²) in [4.78, 5) is 6.67. The van der Waals surface area contributed by atoms with Gasteiger partial charge in [0, 0.05) is 43.0 Å². The van der Waals surface area contributed by atoms with Gasteiger partial charge in [-0.2, -0.15) is 0 Å². The van der Waals surface area contributed by atoms with E-state index in [1.165, 1.54) is 40.4 Å². The third kappa shape index (κ3) is 1.97. The van der Waals surface area contributed by atoms with Gasteiger partial charge >= 0.3 is 0 Å². The van der Waals surface area contributed by atoms with Gasteiger partial charge in [-0.15, -0.1) is 0 Å². The Morgan fingerprint density at radius 1 is 1.12 bits per heavy atom. The Labute approximate surface area is 142 Å². The topological polar surface area (TPSA) is 21.1 Å². The van der Waals surface area contributed by atoms with Crippen molar-refractivity contribution in [2.45, 2.75) is 38.8 Å². The van der Waals surface area contributed by atoms with E-state index in [-0.39, 0.29) is 0 Å².